The second kappa shape index (κ2) is 4.69. The van der Waals surface area contributed by atoms with Crippen LogP contribution in [0.25, 0.3) is 11.0 Å². The number of aromatic nitrogens is 2. The van der Waals surface area contributed by atoms with E-state index in [1.54, 1.807) is 6.07 Å². The maximum Gasteiger partial charge on any atom is 0.151 e. The minimum atomic E-state index is -0.518. The lowest BCUT2D eigenvalue weighted by Gasteiger charge is -2.24. The van der Waals surface area contributed by atoms with E-state index < -0.39 is 5.54 Å². The van der Waals surface area contributed by atoms with E-state index in [-0.39, 0.29) is 5.82 Å². The largest absolute Gasteiger partial charge is 0.327 e. The molecule has 2 N–H and O–H groups in total. The van der Waals surface area contributed by atoms with Gasteiger partial charge >= 0.3 is 0 Å². The Labute approximate surface area is 107 Å². The van der Waals surface area contributed by atoms with E-state index in [1.807, 2.05) is 24.5 Å². The van der Waals surface area contributed by atoms with Crippen molar-refractivity contribution in [2.24, 2.45) is 5.73 Å². The number of fused-ring (bicyclic) bond motifs is 1. The van der Waals surface area contributed by atoms with E-state index in [0.29, 0.717) is 5.52 Å². The summed E-state index contributed by atoms with van der Waals surface area (Å²) in [6, 6.07) is 5.04. The Morgan fingerprint density at radius 1 is 1.39 bits per heavy atom. The van der Waals surface area contributed by atoms with Crippen LogP contribution in [0.5, 0.6) is 0 Å². The Morgan fingerprint density at radius 3 is 2.72 bits per heavy atom. The molecule has 0 spiro atoms. The van der Waals surface area contributed by atoms with E-state index >= 15 is 0 Å². The van der Waals surface area contributed by atoms with Gasteiger partial charge < -0.3 is 10.3 Å². The number of aryl methyl sites for hydroxylation is 1. The van der Waals surface area contributed by atoms with Gasteiger partial charge in [-0.2, -0.15) is 0 Å². The van der Waals surface area contributed by atoms with Gasteiger partial charge in [0.15, 0.2) is 5.82 Å². The van der Waals surface area contributed by atoms with Crippen molar-refractivity contribution in [3.8, 4) is 0 Å². The van der Waals surface area contributed by atoms with Gasteiger partial charge in [0.2, 0.25) is 0 Å². The molecule has 0 aliphatic heterocycles. The number of para-hydroxylation sites is 1. The third-order valence-electron chi connectivity index (χ3n) is 3.33. The lowest BCUT2D eigenvalue weighted by molar-refractivity contribution is 0.403. The SMILES string of the molecule is CCCC(C)(N)c1nc2c(F)cccc2n1CC. The Balaban J connectivity index is 2.68. The standard InChI is InChI=1S/C14H20FN3/c1-4-9-14(3,16)13-17-12-10(15)7-6-8-11(12)18(13)5-2/h6-8H,4-5,9,16H2,1-3H3. The average molecular weight is 249 g/mol. The quantitative estimate of drug-likeness (QED) is 0.904. The van der Waals surface area contributed by atoms with Crippen molar-refractivity contribution in [3.05, 3.63) is 29.8 Å². The number of nitrogens with two attached hydrogens (primary N) is 1. The number of rotatable bonds is 4. The van der Waals surface area contributed by atoms with Gasteiger partial charge in [-0.3, -0.25) is 0 Å². The van der Waals surface area contributed by atoms with Crippen molar-refractivity contribution in [1.29, 1.82) is 0 Å². The molecule has 1 heterocycles. The molecule has 0 fully saturated rings. The molecule has 1 atom stereocenters. The molecule has 98 valence electrons. The Morgan fingerprint density at radius 2 is 2.11 bits per heavy atom. The maximum atomic E-state index is 13.8. The highest BCUT2D eigenvalue weighted by Crippen LogP contribution is 2.27. The Hall–Kier alpha value is -1.42. The molecule has 0 saturated heterocycles. The predicted octanol–water partition coefficient (Wildman–Crippen LogP) is 3.17. The number of hydrogen-bond donors (Lipinski definition) is 1. The molecule has 0 bridgehead atoms. The van der Waals surface area contributed by atoms with Crippen LogP contribution >= 0.6 is 0 Å². The van der Waals surface area contributed by atoms with Crippen molar-refractivity contribution in [1.82, 2.24) is 9.55 Å². The van der Waals surface area contributed by atoms with Crippen molar-refractivity contribution in [2.75, 3.05) is 0 Å². The summed E-state index contributed by atoms with van der Waals surface area (Å²) < 4.78 is 15.8. The Bertz CT molecular complexity index is 557. The van der Waals surface area contributed by atoms with Gasteiger partial charge in [-0.25, -0.2) is 9.37 Å². The van der Waals surface area contributed by atoms with Crippen LogP contribution in [0.1, 0.15) is 39.4 Å². The molecule has 4 heteroatoms. The van der Waals surface area contributed by atoms with Gasteiger partial charge in [0, 0.05) is 6.54 Å². The molecule has 0 aliphatic rings. The fourth-order valence-corrected chi connectivity index (χ4v) is 2.50. The molecule has 2 rings (SSSR count). The number of imidazole rings is 1. The zero-order valence-electron chi connectivity index (χ0n) is 11.2. The molecule has 2 aromatic rings. The molecule has 0 amide bonds. The lowest BCUT2D eigenvalue weighted by Crippen LogP contribution is -2.36. The topological polar surface area (TPSA) is 43.8 Å². The van der Waals surface area contributed by atoms with Gasteiger partial charge in [-0.15, -0.1) is 0 Å². The first-order valence-electron chi connectivity index (χ1n) is 6.45. The summed E-state index contributed by atoms with van der Waals surface area (Å²) in [5.74, 6) is 0.486. The molecular weight excluding hydrogens is 229 g/mol. The molecule has 3 nitrogen and oxygen atoms in total. The van der Waals surface area contributed by atoms with Crippen LogP contribution in [0, 0.1) is 5.82 Å². The molecule has 0 saturated carbocycles. The summed E-state index contributed by atoms with van der Waals surface area (Å²) in [6.45, 7) is 6.82. The third-order valence-corrected chi connectivity index (χ3v) is 3.33. The normalized spacial score (nSPS) is 14.9. The first-order chi connectivity index (χ1) is 8.51. The van der Waals surface area contributed by atoms with Crippen LogP contribution in [0.2, 0.25) is 0 Å². The summed E-state index contributed by atoms with van der Waals surface area (Å²) in [5, 5.41) is 0. The number of halogens is 1. The van der Waals surface area contributed by atoms with Crippen LogP contribution in [0.3, 0.4) is 0 Å². The minimum Gasteiger partial charge on any atom is -0.327 e. The molecular formula is C14H20FN3. The fraction of sp³-hybridized carbons (Fsp3) is 0.500. The van der Waals surface area contributed by atoms with Crippen molar-refractivity contribution >= 4 is 11.0 Å². The molecule has 0 radical (unpaired) electrons. The minimum absolute atomic E-state index is 0.284. The Kier molecular flexibility index (Phi) is 3.39. The molecule has 0 aliphatic carbocycles. The van der Waals surface area contributed by atoms with Crippen LogP contribution < -0.4 is 5.73 Å². The third kappa shape index (κ3) is 2.01. The number of nitrogens with zero attached hydrogens (tertiary/aromatic N) is 2. The zero-order valence-corrected chi connectivity index (χ0v) is 11.2. The smallest absolute Gasteiger partial charge is 0.151 e. The van der Waals surface area contributed by atoms with Crippen LogP contribution in [-0.2, 0) is 12.1 Å². The summed E-state index contributed by atoms with van der Waals surface area (Å²) in [6.07, 6.45) is 1.81. The highest BCUT2D eigenvalue weighted by atomic mass is 19.1. The van der Waals surface area contributed by atoms with Gasteiger partial charge in [-0.1, -0.05) is 19.4 Å². The van der Waals surface area contributed by atoms with Crippen molar-refractivity contribution in [3.63, 3.8) is 0 Å². The average Bonchev–Trinajstić information content (AvgIpc) is 2.69. The molecule has 1 unspecified atom stereocenters. The monoisotopic (exact) mass is 249 g/mol. The lowest BCUT2D eigenvalue weighted by atomic mass is 9.96. The maximum absolute atomic E-state index is 13.8. The highest BCUT2D eigenvalue weighted by Gasteiger charge is 2.27. The van der Waals surface area contributed by atoms with Crippen molar-refractivity contribution < 1.29 is 4.39 Å². The van der Waals surface area contributed by atoms with E-state index in [4.69, 9.17) is 5.73 Å². The van der Waals surface area contributed by atoms with Gasteiger partial charge in [-0.05, 0) is 32.4 Å². The second-order valence-corrected chi connectivity index (χ2v) is 4.95. The molecule has 1 aromatic heterocycles. The first kappa shape index (κ1) is 13.0. The number of hydrogen-bond acceptors (Lipinski definition) is 2. The fourth-order valence-electron chi connectivity index (χ4n) is 2.50. The summed E-state index contributed by atoms with van der Waals surface area (Å²) >= 11 is 0. The van der Waals surface area contributed by atoms with Gasteiger partial charge in [0.25, 0.3) is 0 Å². The van der Waals surface area contributed by atoms with Crippen LogP contribution in [0.15, 0.2) is 18.2 Å². The molecule has 1 aromatic carbocycles. The van der Waals surface area contributed by atoms with Gasteiger partial charge in [0.05, 0.1) is 11.1 Å². The van der Waals surface area contributed by atoms with E-state index in [9.17, 15) is 4.39 Å². The van der Waals surface area contributed by atoms with Crippen molar-refractivity contribution in [2.45, 2.75) is 45.7 Å². The zero-order chi connectivity index (χ0) is 13.3. The summed E-state index contributed by atoms with van der Waals surface area (Å²) in [5.41, 5.74) is 7.05. The number of benzene rings is 1. The summed E-state index contributed by atoms with van der Waals surface area (Å²) in [4.78, 5) is 4.44. The van der Waals surface area contributed by atoms with E-state index in [1.165, 1.54) is 6.07 Å². The highest BCUT2D eigenvalue weighted by molar-refractivity contribution is 5.77. The molecule has 18 heavy (non-hydrogen) atoms. The van der Waals surface area contributed by atoms with E-state index in [2.05, 4.69) is 11.9 Å². The predicted molar refractivity (Wildman–Crippen MR) is 71.8 cm³/mol. The van der Waals surface area contributed by atoms with Gasteiger partial charge in [0.1, 0.15) is 11.3 Å². The summed E-state index contributed by atoms with van der Waals surface area (Å²) in [7, 11) is 0. The first-order valence-corrected chi connectivity index (χ1v) is 6.45. The van der Waals surface area contributed by atoms with Crippen LogP contribution in [-0.4, -0.2) is 9.55 Å². The van der Waals surface area contributed by atoms with E-state index in [0.717, 1.165) is 30.7 Å². The second-order valence-electron chi connectivity index (χ2n) is 4.95. The van der Waals surface area contributed by atoms with Crippen LogP contribution in [0.4, 0.5) is 4.39 Å².